The molecule has 0 spiro atoms. The van der Waals surface area contributed by atoms with Crippen LogP contribution in [0.25, 0.3) is 21.9 Å². The van der Waals surface area contributed by atoms with Gasteiger partial charge in [0, 0.05) is 23.3 Å². The lowest BCUT2D eigenvalue weighted by atomic mass is 10.1. The van der Waals surface area contributed by atoms with Crippen molar-refractivity contribution in [3.8, 4) is 11.1 Å². The summed E-state index contributed by atoms with van der Waals surface area (Å²) in [6.07, 6.45) is 3.82. The minimum atomic E-state index is -3.98. The molecule has 1 aliphatic heterocycles. The molecule has 0 aliphatic carbocycles. The third kappa shape index (κ3) is 4.84. The van der Waals surface area contributed by atoms with Crippen molar-refractivity contribution in [2.45, 2.75) is 22.4 Å². The second-order valence-corrected chi connectivity index (χ2v) is 11.3. The molecule has 1 N–H and O–H groups in total. The van der Waals surface area contributed by atoms with Crippen molar-refractivity contribution in [1.82, 2.24) is 9.71 Å². The molecule has 0 radical (unpaired) electrons. The molecule has 1 atom stereocenters. The van der Waals surface area contributed by atoms with Gasteiger partial charge in [0.05, 0.1) is 15.6 Å². The predicted octanol–water partition coefficient (Wildman–Crippen LogP) is 5.50. The van der Waals surface area contributed by atoms with Gasteiger partial charge in [-0.05, 0) is 71.5 Å². The molecule has 1 aliphatic rings. The number of thioether (sulfide) groups is 1. The average Bonchev–Trinajstić information content (AvgIpc) is 3.22. The van der Waals surface area contributed by atoms with Gasteiger partial charge < -0.3 is 4.90 Å². The first-order valence-corrected chi connectivity index (χ1v) is 14.2. The summed E-state index contributed by atoms with van der Waals surface area (Å²) < 4.78 is 43.6. The highest BCUT2D eigenvalue weighted by Gasteiger charge is 2.36. The molecule has 6 nitrogen and oxygen atoms in total. The Morgan fingerprint density at radius 3 is 2.50 bits per heavy atom. The van der Waals surface area contributed by atoms with Gasteiger partial charge in [-0.25, -0.2) is 17.8 Å². The van der Waals surface area contributed by atoms with Gasteiger partial charge in [0.25, 0.3) is 0 Å². The predicted molar refractivity (Wildman–Crippen MR) is 141 cm³/mol. The van der Waals surface area contributed by atoms with Crippen LogP contribution in [0.15, 0.2) is 82.8 Å². The van der Waals surface area contributed by atoms with E-state index in [0.717, 1.165) is 16.0 Å². The molecule has 0 unspecified atom stereocenters. The highest BCUT2D eigenvalue weighted by molar-refractivity contribution is 7.98. The average molecular weight is 542 g/mol. The fraction of sp³-hybridized carbons (Fsp3) is 0.154. The lowest BCUT2D eigenvalue weighted by Crippen LogP contribution is -2.41. The Balaban J connectivity index is 1.33. The molecule has 3 aromatic carbocycles. The van der Waals surface area contributed by atoms with Gasteiger partial charge in [0.1, 0.15) is 11.9 Å². The molecule has 184 valence electrons. The van der Waals surface area contributed by atoms with Crippen molar-refractivity contribution in [2.24, 2.45) is 0 Å². The molecule has 4 aromatic rings. The Kier molecular flexibility index (Phi) is 6.74. The van der Waals surface area contributed by atoms with Gasteiger partial charge in [0.15, 0.2) is 0 Å². The molecule has 1 saturated heterocycles. The summed E-state index contributed by atoms with van der Waals surface area (Å²) in [5.41, 5.74) is 1.51. The van der Waals surface area contributed by atoms with E-state index in [4.69, 9.17) is 11.6 Å². The van der Waals surface area contributed by atoms with E-state index in [1.54, 1.807) is 36.5 Å². The quantitative estimate of drug-likeness (QED) is 0.326. The van der Waals surface area contributed by atoms with E-state index in [2.05, 4.69) is 9.71 Å². The van der Waals surface area contributed by atoms with E-state index >= 15 is 4.39 Å². The molecular formula is C26H21ClFN3O3S2. The Morgan fingerprint density at radius 1 is 1.03 bits per heavy atom. The number of amides is 1. The lowest BCUT2D eigenvalue weighted by Gasteiger charge is -2.19. The van der Waals surface area contributed by atoms with Crippen molar-refractivity contribution < 1.29 is 17.6 Å². The topological polar surface area (TPSA) is 79.4 Å². The van der Waals surface area contributed by atoms with Gasteiger partial charge in [-0.3, -0.25) is 4.79 Å². The number of hydrogen-bond acceptors (Lipinski definition) is 5. The molecule has 5 rings (SSSR count). The first-order chi connectivity index (χ1) is 17.2. The SMILES string of the molecule is CSc1ccc(-c2ccc(N3CC[C@H](NS(=O)(=O)c4ccc5cc(Cl)ccc5c4)C3=O)c(F)c2)cn1. The number of aromatic nitrogens is 1. The smallest absolute Gasteiger partial charge is 0.245 e. The van der Waals surface area contributed by atoms with Crippen molar-refractivity contribution >= 4 is 55.8 Å². The van der Waals surface area contributed by atoms with E-state index in [1.807, 2.05) is 18.4 Å². The Hall–Kier alpha value is -2.98. The molecule has 0 bridgehead atoms. The van der Waals surface area contributed by atoms with Crippen LogP contribution in [0.3, 0.4) is 0 Å². The fourth-order valence-corrected chi connectivity index (χ4v) is 6.02. The van der Waals surface area contributed by atoms with Crippen LogP contribution in [-0.2, 0) is 14.8 Å². The summed E-state index contributed by atoms with van der Waals surface area (Å²) in [6.45, 7) is 0.197. The first-order valence-electron chi connectivity index (χ1n) is 11.1. The zero-order valence-electron chi connectivity index (χ0n) is 19.1. The van der Waals surface area contributed by atoms with Crippen molar-refractivity contribution in [2.75, 3.05) is 17.7 Å². The van der Waals surface area contributed by atoms with E-state index in [9.17, 15) is 13.2 Å². The number of anilines is 1. The van der Waals surface area contributed by atoms with E-state index < -0.39 is 27.8 Å². The highest BCUT2D eigenvalue weighted by Crippen LogP contribution is 2.30. The summed E-state index contributed by atoms with van der Waals surface area (Å²) in [5, 5.41) is 2.93. The summed E-state index contributed by atoms with van der Waals surface area (Å²) in [6, 6.07) is 17.2. The molecule has 1 amide bonds. The zero-order chi connectivity index (χ0) is 25.4. The van der Waals surface area contributed by atoms with Gasteiger partial charge >= 0.3 is 0 Å². The van der Waals surface area contributed by atoms with Crippen LogP contribution in [0.1, 0.15) is 6.42 Å². The molecule has 1 fully saturated rings. The van der Waals surface area contributed by atoms with E-state index in [1.165, 1.54) is 40.9 Å². The number of nitrogens with zero attached hydrogens (tertiary/aromatic N) is 2. The minimum absolute atomic E-state index is 0.0419. The van der Waals surface area contributed by atoms with Crippen molar-refractivity contribution in [3.05, 3.63) is 83.8 Å². The van der Waals surface area contributed by atoms with Gasteiger partial charge in [-0.2, -0.15) is 4.72 Å². The van der Waals surface area contributed by atoms with Crippen LogP contribution in [0.4, 0.5) is 10.1 Å². The number of nitrogens with one attached hydrogen (secondary N) is 1. The molecule has 2 heterocycles. The zero-order valence-corrected chi connectivity index (χ0v) is 21.5. The maximum Gasteiger partial charge on any atom is 0.245 e. The lowest BCUT2D eigenvalue weighted by molar-refractivity contribution is -0.118. The third-order valence-electron chi connectivity index (χ3n) is 6.10. The number of sulfonamides is 1. The molecular weight excluding hydrogens is 521 g/mol. The maximum absolute atomic E-state index is 15.0. The monoisotopic (exact) mass is 541 g/mol. The fourth-order valence-electron chi connectivity index (χ4n) is 4.22. The first kappa shape index (κ1) is 24.7. The Bertz CT molecular complexity index is 1580. The normalized spacial score (nSPS) is 16.1. The largest absolute Gasteiger partial charge is 0.308 e. The Labute approximate surface area is 217 Å². The second kappa shape index (κ2) is 9.82. The van der Waals surface area contributed by atoms with Gasteiger partial charge in [-0.15, -0.1) is 11.8 Å². The standard InChI is InChI=1S/C26H21ClFN3O3S2/c1-35-25-9-5-19(15-29-25)18-4-8-24(22(28)14-18)31-11-10-23(26(31)32)30-36(33,34)21-7-3-16-12-20(27)6-2-17(16)13-21/h2-9,12-15,23,30H,10-11H2,1H3/t23-/m0/s1. The van der Waals surface area contributed by atoms with Crippen molar-refractivity contribution in [1.29, 1.82) is 0 Å². The number of pyridine rings is 1. The van der Waals surface area contributed by atoms with Crippen LogP contribution in [-0.4, -0.2) is 38.2 Å². The number of benzene rings is 3. The number of carbonyl (C=O) groups excluding carboxylic acids is 1. The summed E-state index contributed by atoms with van der Waals surface area (Å²) in [5.74, 6) is -1.06. The van der Waals surface area contributed by atoms with Crippen LogP contribution in [0, 0.1) is 5.82 Å². The summed E-state index contributed by atoms with van der Waals surface area (Å²) in [7, 11) is -3.98. The number of rotatable bonds is 6. The summed E-state index contributed by atoms with van der Waals surface area (Å²) in [4.78, 5) is 18.7. The molecule has 10 heteroatoms. The number of hydrogen-bond donors (Lipinski definition) is 1. The molecule has 0 saturated carbocycles. The van der Waals surface area contributed by atoms with E-state index in [0.29, 0.717) is 16.0 Å². The van der Waals surface area contributed by atoms with Crippen molar-refractivity contribution in [3.63, 3.8) is 0 Å². The van der Waals surface area contributed by atoms with Crippen LogP contribution in [0.2, 0.25) is 5.02 Å². The number of halogens is 2. The maximum atomic E-state index is 15.0. The number of fused-ring (bicyclic) bond motifs is 1. The minimum Gasteiger partial charge on any atom is -0.308 e. The van der Waals surface area contributed by atoms with Crippen LogP contribution in [0.5, 0.6) is 0 Å². The van der Waals surface area contributed by atoms with Crippen LogP contribution >= 0.6 is 23.4 Å². The summed E-state index contributed by atoms with van der Waals surface area (Å²) >= 11 is 7.52. The third-order valence-corrected chi connectivity index (χ3v) is 8.47. The van der Waals surface area contributed by atoms with Crippen LogP contribution < -0.4 is 9.62 Å². The molecule has 1 aromatic heterocycles. The van der Waals surface area contributed by atoms with Gasteiger partial charge in [0.2, 0.25) is 15.9 Å². The van der Waals surface area contributed by atoms with E-state index in [-0.39, 0.29) is 23.5 Å². The second-order valence-electron chi connectivity index (χ2n) is 8.36. The number of carbonyl (C=O) groups is 1. The molecule has 36 heavy (non-hydrogen) atoms. The van der Waals surface area contributed by atoms with Gasteiger partial charge in [-0.1, -0.05) is 35.9 Å². The highest BCUT2D eigenvalue weighted by atomic mass is 35.5. The Morgan fingerprint density at radius 2 is 1.78 bits per heavy atom.